The molecule has 1 saturated heterocycles. The van der Waals surface area contributed by atoms with Crippen molar-refractivity contribution >= 4 is 59.3 Å². The van der Waals surface area contributed by atoms with E-state index in [1.54, 1.807) is 36.4 Å². The standard InChI is InChI=1S/C30H39O11Si4/c1-6-7-17-35-29(32)26-20-23-13-16-25(21-27(23)37-30(26)33)36-28(31)22-11-14-24(15-12-22)34-18-9-8-10-19-45(5)40-43(3)38-42(2)39-44(4)41-45/h11-16,20-21H,6-10,17-19H2,1-5H3. The van der Waals surface area contributed by atoms with Gasteiger partial charge in [-0.2, -0.15) is 0 Å². The molecule has 1 fully saturated rings. The van der Waals surface area contributed by atoms with E-state index in [1.807, 2.05) is 26.6 Å². The summed E-state index contributed by atoms with van der Waals surface area (Å²) in [4.78, 5) is 37.3. The summed E-state index contributed by atoms with van der Waals surface area (Å²) < 4.78 is 46.1. The highest BCUT2D eigenvalue weighted by Gasteiger charge is 2.40. The number of hydrogen-bond donors (Lipinski definition) is 0. The molecule has 45 heavy (non-hydrogen) atoms. The number of carbonyl (C=O) groups excluding carboxylic acids is 2. The fourth-order valence-electron chi connectivity index (χ4n) is 4.65. The maximum atomic E-state index is 12.7. The van der Waals surface area contributed by atoms with Crippen LogP contribution in [0.3, 0.4) is 0 Å². The molecule has 3 radical (unpaired) electrons. The van der Waals surface area contributed by atoms with Gasteiger partial charge in [0.05, 0.1) is 18.8 Å². The van der Waals surface area contributed by atoms with Crippen molar-refractivity contribution in [3.05, 3.63) is 70.1 Å². The zero-order valence-corrected chi connectivity index (χ0v) is 30.3. The van der Waals surface area contributed by atoms with Gasteiger partial charge in [0, 0.05) is 11.5 Å². The summed E-state index contributed by atoms with van der Waals surface area (Å²) >= 11 is 0. The first-order valence-corrected chi connectivity index (χ1v) is 23.0. The maximum Gasteiger partial charge on any atom is 0.362 e. The molecule has 4 rings (SSSR count). The van der Waals surface area contributed by atoms with Gasteiger partial charge in [0.15, 0.2) is 0 Å². The van der Waals surface area contributed by atoms with E-state index in [-0.39, 0.29) is 23.5 Å². The van der Waals surface area contributed by atoms with Crippen LogP contribution in [-0.4, -0.2) is 61.6 Å². The van der Waals surface area contributed by atoms with Crippen molar-refractivity contribution in [3.63, 3.8) is 0 Å². The lowest BCUT2D eigenvalue weighted by atomic mass is 10.2. The summed E-state index contributed by atoms with van der Waals surface area (Å²) in [7, 11) is -6.38. The Hall–Kier alpha value is -2.90. The number of carbonyl (C=O) groups is 2. The minimum Gasteiger partial charge on any atom is -0.494 e. The number of hydrogen-bond acceptors (Lipinski definition) is 11. The van der Waals surface area contributed by atoms with Crippen LogP contribution in [0.15, 0.2) is 57.7 Å². The van der Waals surface area contributed by atoms with Gasteiger partial charge in [0.2, 0.25) is 0 Å². The molecule has 0 amide bonds. The van der Waals surface area contributed by atoms with Gasteiger partial charge in [0.1, 0.15) is 22.6 Å². The summed E-state index contributed by atoms with van der Waals surface area (Å²) in [6, 6.07) is 13.6. The number of unbranched alkanes of at least 4 members (excludes halogenated alkanes) is 3. The van der Waals surface area contributed by atoms with E-state index in [1.165, 1.54) is 12.1 Å². The Bertz CT molecular complexity index is 1480. The molecular formula is C30H39O11Si4. The fourth-order valence-corrected chi connectivity index (χ4v) is 16.6. The Morgan fingerprint density at radius 1 is 0.800 bits per heavy atom. The van der Waals surface area contributed by atoms with Gasteiger partial charge < -0.3 is 35.1 Å². The molecule has 241 valence electrons. The second kappa shape index (κ2) is 16.6. The van der Waals surface area contributed by atoms with E-state index < -0.39 is 54.0 Å². The van der Waals surface area contributed by atoms with E-state index in [2.05, 4.69) is 6.55 Å². The Balaban J connectivity index is 1.22. The maximum absolute atomic E-state index is 12.7. The third-order valence-corrected chi connectivity index (χ3v) is 18.4. The van der Waals surface area contributed by atoms with Gasteiger partial charge in [-0.1, -0.05) is 26.2 Å². The highest BCUT2D eigenvalue weighted by Crippen LogP contribution is 2.24. The summed E-state index contributed by atoms with van der Waals surface area (Å²) in [6.45, 7) is 10.8. The van der Waals surface area contributed by atoms with Crippen molar-refractivity contribution < 1.29 is 44.7 Å². The second-order valence-electron chi connectivity index (χ2n) is 10.7. The van der Waals surface area contributed by atoms with Crippen LogP contribution >= 0.6 is 0 Å². The predicted octanol–water partition coefficient (Wildman–Crippen LogP) is 6.02. The van der Waals surface area contributed by atoms with E-state index >= 15 is 0 Å². The largest absolute Gasteiger partial charge is 0.494 e. The third kappa shape index (κ3) is 10.6. The van der Waals surface area contributed by atoms with Crippen LogP contribution in [0.2, 0.25) is 32.2 Å². The smallest absolute Gasteiger partial charge is 0.362 e. The minimum atomic E-state index is -2.34. The SMILES string of the molecule is CCCCOC(=O)c1cc2ccc(OC(=O)c3ccc(OCCCCC[Si]4(C)O[Si](C)O[Si](C)O[Si](C)O4)cc3)cc2oc1=O. The summed E-state index contributed by atoms with van der Waals surface area (Å²) in [6.07, 6.45) is 4.38. The van der Waals surface area contributed by atoms with Crippen LogP contribution in [0.25, 0.3) is 11.0 Å². The van der Waals surface area contributed by atoms with Gasteiger partial charge in [-0.25, -0.2) is 14.4 Å². The molecule has 1 aliphatic rings. The average molecular weight is 688 g/mol. The zero-order valence-electron chi connectivity index (χ0n) is 26.3. The Morgan fingerprint density at radius 3 is 2.18 bits per heavy atom. The molecule has 0 atom stereocenters. The Morgan fingerprint density at radius 2 is 1.49 bits per heavy atom. The quantitative estimate of drug-likeness (QED) is 0.0687. The molecule has 2 aromatic carbocycles. The Kier molecular flexibility index (Phi) is 12.9. The number of benzene rings is 2. The van der Waals surface area contributed by atoms with Crippen molar-refractivity contribution in [3.8, 4) is 11.5 Å². The fraction of sp³-hybridized carbons (Fsp3) is 0.433. The van der Waals surface area contributed by atoms with Crippen LogP contribution < -0.4 is 15.1 Å². The van der Waals surface area contributed by atoms with Crippen molar-refractivity contribution in [2.75, 3.05) is 13.2 Å². The molecule has 0 unspecified atom stereocenters. The van der Waals surface area contributed by atoms with Gasteiger partial charge in [0.25, 0.3) is 0 Å². The first-order valence-electron chi connectivity index (χ1n) is 15.0. The summed E-state index contributed by atoms with van der Waals surface area (Å²) in [5.74, 6) is -0.448. The lowest BCUT2D eigenvalue weighted by Crippen LogP contribution is -2.52. The molecule has 0 spiro atoms. The topological polar surface area (TPSA) is 129 Å². The molecule has 0 saturated carbocycles. The van der Waals surface area contributed by atoms with E-state index in [0.29, 0.717) is 29.7 Å². The molecular weight excluding hydrogens is 649 g/mol. The molecule has 0 bridgehead atoms. The lowest BCUT2D eigenvalue weighted by Gasteiger charge is -2.35. The molecule has 0 N–H and O–H groups in total. The predicted molar refractivity (Wildman–Crippen MR) is 174 cm³/mol. The van der Waals surface area contributed by atoms with E-state index in [4.69, 9.17) is 35.1 Å². The number of esters is 2. The van der Waals surface area contributed by atoms with Crippen molar-refractivity contribution in [2.24, 2.45) is 0 Å². The van der Waals surface area contributed by atoms with Crippen LogP contribution in [0, 0.1) is 0 Å². The highest BCUT2D eigenvalue weighted by molar-refractivity contribution is 6.81. The molecule has 3 aromatic rings. The number of ether oxygens (including phenoxy) is 3. The average Bonchev–Trinajstić information content (AvgIpc) is 2.97. The van der Waals surface area contributed by atoms with Crippen molar-refractivity contribution in [1.29, 1.82) is 0 Å². The summed E-state index contributed by atoms with van der Waals surface area (Å²) in [5, 5.41) is 0.502. The van der Waals surface area contributed by atoms with Crippen LogP contribution in [0.4, 0.5) is 0 Å². The first kappa shape index (κ1) is 35.0. The zero-order chi connectivity index (χ0) is 32.4. The van der Waals surface area contributed by atoms with Gasteiger partial charge in [-0.05, 0) is 87.5 Å². The first-order chi connectivity index (χ1) is 21.5. The minimum absolute atomic E-state index is 0.177. The van der Waals surface area contributed by atoms with Gasteiger partial charge >= 0.3 is 54.0 Å². The van der Waals surface area contributed by atoms with E-state index in [9.17, 15) is 14.4 Å². The molecule has 2 heterocycles. The number of rotatable bonds is 13. The molecule has 1 aliphatic heterocycles. The molecule has 11 nitrogen and oxygen atoms in total. The van der Waals surface area contributed by atoms with Gasteiger partial charge in [-0.15, -0.1) is 0 Å². The Labute approximate surface area is 269 Å². The van der Waals surface area contributed by atoms with Crippen molar-refractivity contribution in [1.82, 2.24) is 0 Å². The molecule has 1 aromatic heterocycles. The third-order valence-electron chi connectivity index (χ3n) is 6.80. The molecule has 0 aliphatic carbocycles. The molecule has 15 heteroatoms. The van der Waals surface area contributed by atoms with Crippen LogP contribution in [0.5, 0.6) is 11.5 Å². The normalized spacial score (nSPS) is 16.2. The van der Waals surface area contributed by atoms with Crippen LogP contribution in [-0.2, 0) is 21.2 Å². The highest BCUT2D eigenvalue weighted by atomic mass is 28.5. The van der Waals surface area contributed by atoms with E-state index in [0.717, 1.165) is 31.7 Å². The lowest BCUT2D eigenvalue weighted by molar-refractivity contribution is 0.0494. The second-order valence-corrected chi connectivity index (χ2v) is 19.7. The van der Waals surface area contributed by atoms with Gasteiger partial charge in [-0.3, -0.25) is 0 Å². The monoisotopic (exact) mass is 687 g/mol. The number of fused-ring (bicyclic) bond motifs is 1. The van der Waals surface area contributed by atoms with Crippen LogP contribution in [0.1, 0.15) is 59.7 Å². The summed E-state index contributed by atoms with van der Waals surface area (Å²) in [5.41, 5.74) is -0.469. The van der Waals surface area contributed by atoms with Crippen molar-refractivity contribution in [2.45, 2.75) is 71.3 Å².